The number of nitrogens with one attached hydrogen (secondary N) is 1. The summed E-state index contributed by atoms with van der Waals surface area (Å²) >= 11 is 0. The van der Waals surface area contributed by atoms with Crippen molar-refractivity contribution >= 4 is 22.7 Å². The van der Waals surface area contributed by atoms with Crippen molar-refractivity contribution in [2.75, 3.05) is 11.4 Å². The van der Waals surface area contributed by atoms with Crippen molar-refractivity contribution in [2.45, 2.75) is 26.8 Å². The van der Waals surface area contributed by atoms with Gasteiger partial charge < -0.3 is 9.84 Å². The van der Waals surface area contributed by atoms with Gasteiger partial charge in [0.25, 0.3) is 0 Å². The summed E-state index contributed by atoms with van der Waals surface area (Å²) < 4.78 is 18.4. The molecule has 1 N–H and O–H groups in total. The Balaban J connectivity index is 1.74. The quantitative estimate of drug-likeness (QED) is 0.748. The molecule has 0 fully saturated rings. The fourth-order valence-electron chi connectivity index (χ4n) is 2.68. The van der Waals surface area contributed by atoms with Gasteiger partial charge in [0.1, 0.15) is 11.5 Å². The summed E-state index contributed by atoms with van der Waals surface area (Å²) in [4.78, 5) is 14.2. The van der Waals surface area contributed by atoms with Gasteiger partial charge in [-0.3, -0.25) is 4.90 Å². The van der Waals surface area contributed by atoms with Crippen LogP contribution in [0.25, 0.3) is 11.0 Å². The Morgan fingerprint density at radius 1 is 1.24 bits per heavy atom. The highest BCUT2D eigenvalue weighted by Gasteiger charge is 2.16. The number of benzene rings is 2. The number of aromatic nitrogens is 1. The van der Waals surface area contributed by atoms with Crippen LogP contribution in [0, 0.1) is 12.7 Å². The van der Waals surface area contributed by atoms with Gasteiger partial charge in [-0.15, -0.1) is 0 Å². The third kappa shape index (κ3) is 3.79. The molecule has 3 aromatic rings. The van der Waals surface area contributed by atoms with Crippen LogP contribution >= 0.6 is 0 Å². The Morgan fingerprint density at radius 2 is 2.00 bits per heavy atom. The van der Waals surface area contributed by atoms with Crippen LogP contribution in [0.2, 0.25) is 0 Å². The van der Waals surface area contributed by atoms with Crippen LogP contribution < -0.4 is 10.2 Å². The number of urea groups is 1. The van der Waals surface area contributed by atoms with E-state index in [-0.39, 0.29) is 18.4 Å². The molecule has 25 heavy (non-hydrogen) atoms. The molecular weight excluding hydrogens is 321 g/mol. The SMILES string of the molecule is CCCN(C(=O)NCc1noc2ccc(C)cc12)c1ccc(F)cc1. The van der Waals surface area contributed by atoms with E-state index in [1.165, 1.54) is 12.1 Å². The Labute approximate surface area is 145 Å². The molecule has 2 aromatic carbocycles. The maximum absolute atomic E-state index is 13.1. The molecule has 2 amide bonds. The van der Waals surface area contributed by atoms with Crippen LogP contribution in [0.4, 0.5) is 14.9 Å². The van der Waals surface area contributed by atoms with Gasteiger partial charge in [-0.1, -0.05) is 23.7 Å². The molecule has 130 valence electrons. The second kappa shape index (κ2) is 7.34. The van der Waals surface area contributed by atoms with Crippen molar-refractivity contribution in [3.8, 4) is 0 Å². The molecule has 0 unspecified atom stereocenters. The van der Waals surface area contributed by atoms with Gasteiger partial charge in [0.2, 0.25) is 0 Å². The molecular formula is C19H20FN3O2. The molecule has 0 saturated heterocycles. The minimum atomic E-state index is -0.329. The number of amides is 2. The van der Waals surface area contributed by atoms with Crippen molar-refractivity contribution in [3.05, 3.63) is 59.5 Å². The molecule has 0 aliphatic heterocycles. The molecule has 0 spiro atoms. The van der Waals surface area contributed by atoms with E-state index in [1.807, 2.05) is 32.0 Å². The first-order valence-corrected chi connectivity index (χ1v) is 8.24. The summed E-state index contributed by atoms with van der Waals surface area (Å²) in [6, 6.07) is 11.4. The number of carbonyl (C=O) groups excluding carboxylic acids is 1. The lowest BCUT2D eigenvalue weighted by Gasteiger charge is -2.22. The van der Waals surface area contributed by atoms with E-state index in [1.54, 1.807) is 17.0 Å². The van der Waals surface area contributed by atoms with Crippen molar-refractivity contribution in [2.24, 2.45) is 0 Å². The third-order valence-corrected chi connectivity index (χ3v) is 3.94. The number of carbonyl (C=O) groups is 1. The predicted octanol–water partition coefficient (Wildman–Crippen LogP) is 4.40. The first-order valence-electron chi connectivity index (χ1n) is 8.24. The summed E-state index contributed by atoms with van der Waals surface area (Å²) in [5.41, 5.74) is 3.13. The molecule has 0 aliphatic carbocycles. The van der Waals surface area contributed by atoms with E-state index in [4.69, 9.17) is 4.52 Å². The number of hydrogen-bond acceptors (Lipinski definition) is 3. The molecule has 6 heteroatoms. The van der Waals surface area contributed by atoms with Crippen LogP contribution in [0.5, 0.6) is 0 Å². The Morgan fingerprint density at radius 3 is 2.72 bits per heavy atom. The van der Waals surface area contributed by atoms with Crippen LogP contribution in [0.15, 0.2) is 47.0 Å². The first-order chi connectivity index (χ1) is 12.1. The second-order valence-corrected chi connectivity index (χ2v) is 5.92. The van der Waals surface area contributed by atoms with Crippen LogP contribution in [0.1, 0.15) is 24.6 Å². The lowest BCUT2D eigenvalue weighted by molar-refractivity contribution is 0.245. The Hall–Kier alpha value is -2.89. The smallest absolute Gasteiger partial charge is 0.322 e. The van der Waals surface area contributed by atoms with E-state index in [0.717, 1.165) is 17.4 Å². The highest BCUT2D eigenvalue weighted by molar-refractivity contribution is 5.92. The summed E-state index contributed by atoms with van der Waals surface area (Å²) in [6.45, 7) is 4.77. The number of hydrogen-bond donors (Lipinski definition) is 1. The monoisotopic (exact) mass is 341 g/mol. The summed E-state index contributed by atoms with van der Waals surface area (Å²) in [5.74, 6) is -0.329. The maximum atomic E-state index is 13.1. The molecule has 0 radical (unpaired) electrons. The Bertz CT molecular complexity index is 874. The summed E-state index contributed by atoms with van der Waals surface area (Å²) in [5, 5.41) is 7.80. The van der Waals surface area contributed by atoms with E-state index < -0.39 is 0 Å². The minimum absolute atomic E-state index is 0.253. The van der Waals surface area contributed by atoms with Gasteiger partial charge in [-0.05, 0) is 49.7 Å². The average Bonchev–Trinajstić information content (AvgIpc) is 3.00. The molecule has 1 aromatic heterocycles. The van der Waals surface area contributed by atoms with Crippen molar-refractivity contribution < 1.29 is 13.7 Å². The lowest BCUT2D eigenvalue weighted by atomic mass is 10.1. The largest absolute Gasteiger partial charge is 0.356 e. The highest BCUT2D eigenvalue weighted by Crippen LogP contribution is 2.20. The first kappa shape index (κ1) is 17.0. The number of anilines is 1. The minimum Gasteiger partial charge on any atom is -0.356 e. The van der Waals surface area contributed by atoms with E-state index >= 15 is 0 Å². The van der Waals surface area contributed by atoms with Gasteiger partial charge in [0, 0.05) is 17.6 Å². The zero-order chi connectivity index (χ0) is 17.8. The van der Waals surface area contributed by atoms with Crippen LogP contribution in [0.3, 0.4) is 0 Å². The van der Waals surface area contributed by atoms with Gasteiger partial charge in [-0.25, -0.2) is 9.18 Å². The topological polar surface area (TPSA) is 58.4 Å². The molecule has 3 rings (SSSR count). The number of fused-ring (bicyclic) bond motifs is 1. The van der Waals surface area contributed by atoms with Crippen molar-refractivity contribution in [1.82, 2.24) is 10.5 Å². The van der Waals surface area contributed by atoms with Crippen molar-refractivity contribution in [1.29, 1.82) is 0 Å². The fourth-order valence-corrected chi connectivity index (χ4v) is 2.68. The summed E-state index contributed by atoms with van der Waals surface area (Å²) in [7, 11) is 0. The van der Waals surface area contributed by atoms with Crippen LogP contribution in [-0.4, -0.2) is 17.7 Å². The standard InChI is InChI=1S/C19H20FN3O2/c1-3-10-23(15-7-5-14(20)6-8-15)19(24)21-12-17-16-11-13(2)4-9-18(16)25-22-17/h4-9,11H,3,10,12H2,1-2H3,(H,21,24). The van der Waals surface area contributed by atoms with Gasteiger partial charge in [0.15, 0.2) is 5.58 Å². The molecule has 0 atom stereocenters. The number of rotatable bonds is 5. The molecule has 1 heterocycles. The molecule has 0 aliphatic rings. The molecule has 5 nitrogen and oxygen atoms in total. The average molecular weight is 341 g/mol. The van der Waals surface area contributed by atoms with Crippen molar-refractivity contribution in [3.63, 3.8) is 0 Å². The zero-order valence-electron chi connectivity index (χ0n) is 14.3. The number of aryl methyl sites for hydroxylation is 1. The molecule has 0 bridgehead atoms. The van der Waals surface area contributed by atoms with E-state index in [0.29, 0.717) is 23.5 Å². The van der Waals surface area contributed by atoms with E-state index in [2.05, 4.69) is 10.5 Å². The van der Waals surface area contributed by atoms with Gasteiger partial charge in [-0.2, -0.15) is 0 Å². The lowest BCUT2D eigenvalue weighted by Crippen LogP contribution is -2.40. The third-order valence-electron chi connectivity index (χ3n) is 3.94. The highest BCUT2D eigenvalue weighted by atomic mass is 19.1. The van der Waals surface area contributed by atoms with Crippen LogP contribution in [-0.2, 0) is 6.54 Å². The number of halogens is 1. The predicted molar refractivity (Wildman–Crippen MR) is 95.0 cm³/mol. The normalized spacial score (nSPS) is 10.8. The number of nitrogens with zero attached hydrogens (tertiary/aromatic N) is 2. The fraction of sp³-hybridized carbons (Fsp3) is 0.263. The Kier molecular flexibility index (Phi) is 4.97. The van der Waals surface area contributed by atoms with E-state index in [9.17, 15) is 9.18 Å². The van der Waals surface area contributed by atoms with Gasteiger partial charge in [0.05, 0.1) is 6.54 Å². The van der Waals surface area contributed by atoms with Gasteiger partial charge >= 0.3 is 6.03 Å². The second-order valence-electron chi connectivity index (χ2n) is 5.92. The zero-order valence-corrected chi connectivity index (χ0v) is 14.3. The maximum Gasteiger partial charge on any atom is 0.322 e. The summed E-state index contributed by atoms with van der Waals surface area (Å²) in [6.07, 6.45) is 0.789. The molecule has 0 saturated carbocycles.